The average Bonchev–Trinajstić information content (AvgIpc) is 2.47. The van der Waals surface area contributed by atoms with Crippen LogP contribution in [0.4, 0.5) is 5.69 Å². The first-order valence-electron chi connectivity index (χ1n) is 6.80. The second kappa shape index (κ2) is 7.22. The van der Waals surface area contributed by atoms with Crippen molar-refractivity contribution in [2.75, 3.05) is 5.32 Å². The standard InChI is InChI=1S/C17H16BrNO3/c1-11(20)13-6-8-15(9-7-13)19-17(21)12(2)22-16-5-3-4-14(18)10-16/h3-10,12H,1-2H3,(H,19,21)/t12-/m0/s1. The number of carbonyl (C=O) groups is 2. The molecule has 4 nitrogen and oxygen atoms in total. The lowest BCUT2D eigenvalue weighted by Gasteiger charge is -2.15. The minimum Gasteiger partial charge on any atom is -0.481 e. The molecule has 0 spiro atoms. The summed E-state index contributed by atoms with van der Waals surface area (Å²) in [5.41, 5.74) is 1.23. The van der Waals surface area contributed by atoms with Crippen LogP contribution < -0.4 is 10.1 Å². The Morgan fingerprint density at radius 2 is 1.82 bits per heavy atom. The van der Waals surface area contributed by atoms with Gasteiger partial charge in [-0.25, -0.2) is 0 Å². The minimum atomic E-state index is -0.637. The van der Waals surface area contributed by atoms with Crippen molar-refractivity contribution in [1.29, 1.82) is 0 Å². The molecular weight excluding hydrogens is 346 g/mol. The van der Waals surface area contributed by atoms with E-state index in [1.807, 2.05) is 12.1 Å². The highest BCUT2D eigenvalue weighted by Crippen LogP contribution is 2.19. The van der Waals surface area contributed by atoms with Crippen LogP contribution in [0, 0.1) is 0 Å². The maximum Gasteiger partial charge on any atom is 0.265 e. The summed E-state index contributed by atoms with van der Waals surface area (Å²) >= 11 is 3.35. The van der Waals surface area contributed by atoms with Gasteiger partial charge in [-0.2, -0.15) is 0 Å². The lowest BCUT2D eigenvalue weighted by molar-refractivity contribution is -0.122. The number of halogens is 1. The Balaban J connectivity index is 1.97. The zero-order valence-electron chi connectivity index (χ0n) is 12.3. The second-order valence-corrected chi connectivity index (χ2v) is 5.76. The van der Waals surface area contributed by atoms with E-state index in [9.17, 15) is 9.59 Å². The lowest BCUT2D eigenvalue weighted by atomic mass is 10.1. The van der Waals surface area contributed by atoms with Gasteiger partial charge in [-0.1, -0.05) is 22.0 Å². The van der Waals surface area contributed by atoms with E-state index in [1.54, 1.807) is 43.3 Å². The number of nitrogens with one attached hydrogen (secondary N) is 1. The normalized spacial score (nSPS) is 11.6. The number of hydrogen-bond acceptors (Lipinski definition) is 3. The first-order chi connectivity index (χ1) is 10.5. The number of carbonyl (C=O) groups excluding carboxylic acids is 2. The van der Waals surface area contributed by atoms with Gasteiger partial charge in [0.1, 0.15) is 5.75 Å². The van der Waals surface area contributed by atoms with Crippen LogP contribution in [0.25, 0.3) is 0 Å². The van der Waals surface area contributed by atoms with E-state index in [0.29, 0.717) is 17.0 Å². The third-order valence-corrected chi connectivity index (χ3v) is 3.53. The van der Waals surface area contributed by atoms with Gasteiger partial charge in [0.05, 0.1) is 0 Å². The van der Waals surface area contributed by atoms with E-state index in [0.717, 1.165) is 4.47 Å². The minimum absolute atomic E-state index is 0.00997. The summed E-state index contributed by atoms with van der Waals surface area (Å²) in [5.74, 6) is 0.351. The average molecular weight is 362 g/mol. The molecule has 0 aliphatic rings. The van der Waals surface area contributed by atoms with Crippen molar-refractivity contribution >= 4 is 33.3 Å². The smallest absolute Gasteiger partial charge is 0.265 e. The molecule has 0 saturated heterocycles. The number of benzene rings is 2. The van der Waals surface area contributed by atoms with Gasteiger partial charge in [-0.15, -0.1) is 0 Å². The SMILES string of the molecule is CC(=O)c1ccc(NC(=O)[C@H](C)Oc2cccc(Br)c2)cc1. The summed E-state index contributed by atoms with van der Waals surface area (Å²) in [7, 11) is 0. The second-order valence-electron chi connectivity index (χ2n) is 4.84. The molecule has 5 heteroatoms. The highest BCUT2D eigenvalue weighted by Gasteiger charge is 2.15. The molecule has 1 atom stereocenters. The van der Waals surface area contributed by atoms with E-state index in [-0.39, 0.29) is 11.7 Å². The van der Waals surface area contributed by atoms with E-state index in [4.69, 9.17) is 4.74 Å². The van der Waals surface area contributed by atoms with Crippen molar-refractivity contribution in [2.24, 2.45) is 0 Å². The summed E-state index contributed by atoms with van der Waals surface area (Å²) < 4.78 is 6.48. The number of ketones is 1. The van der Waals surface area contributed by atoms with Gasteiger partial charge in [-0.3, -0.25) is 9.59 Å². The molecule has 114 valence electrons. The van der Waals surface area contributed by atoms with Crippen molar-refractivity contribution < 1.29 is 14.3 Å². The number of ether oxygens (including phenoxy) is 1. The van der Waals surface area contributed by atoms with E-state index < -0.39 is 6.10 Å². The van der Waals surface area contributed by atoms with Crippen molar-refractivity contribution in [3.63, 3.8) is 0 Å². The Bertz CT molecular complexity index is 683. The summed E-state index contributed by atoms with van der Waals surface area (Å²) in [6.07, 6.45) is -0.637. The highest BCUT2D eigenvalue weighted by atomic mass is 79.9. The Hall–Kier alpha value is -2.14. The van der Waals surface area contributed by atoms with Crippen LogP contribution in [0.3, 0.4) is 0 Å². The fourth-order valence-electron chi connectivity index (χ4n) is 1.83. The van der Waals surface area contributed by atoms with Gasteiger partial charge in [0.25, 0.3) is 5.91 Å². The topological polar surface area (TPSA) is 55.4 Å². The van der Waals surface area contributed by atoms with Gasteiger partial charge in [-0.05, 0) is 56.3 Å². The molecule has 22 heavy (non-hydrogen) atoms. The number of Topliss-reactive ketones (excluding diaryl/α,β-unsaturated/α-hetero) is 1. The van der Waals surface area contributed by atoms with Gasteiger partial charge < -0.3 is 10.1 Å². The highest BCUT2D eigenvalue weighted by molar-refractivity contribution is 9.10. The molecule has 0 bridgehead atoms. The zero-order chi connectivity index (χ0) is 16.1. The Morgan fingerprint density at radius 3 is 2.41 bits per heavy atom. The van der Waals surface area contributed by atoms with E-state index in [2.05, 4.69) is 21.2 Å². The van der Waals surface area contributed by atoms with Gasteiger partial charge in [0.15, 0.2) is 11.9 Å². The maximum atomic E-state index is 12.1. The van der Waals surface area contributed by atoms with Gasteiger partial charge in [0.2, 0.25) is 0 Å². The molecule has 0 unspecified atom stereocenters. The van der Waals surface area contributed by atoms with Crippen LogP contribution in [-0.4, -0.2) is 17.8 Å². The third-order valence-electron chi connectivity index (χ3n) is 3.04. The molecule has 0 saturated carbocycles. The first kappa shape index (κ1) is 16.2. The van der Waals surface area contributed by atoms with Crippen LogP contribution in [0.15, 0.2) is 53.0 Å². The molecule has 0 aliphatic carbocycles. The molecule has 0 radical (unpaired) electrons. The van der Waals surface area contributed by atoms with Crippen LogP contribution in [0.5, 0.6) is 5.75 Å². The fourth-order valence-corrected chi connectivity index (χ4v) is 2.21. The number of anilines is 1. The molecule has 2 rings (SSSR count). The molecule has 2 aromatic rings. The monoisotopic (exact) mass is 361 g/mol. The molecule has 1 N–H and O–H groups in total. The van der Waals surface area contributed by atoms with Crippen LogP contribution in [-0.2, 0) is 4.79 Å². The zero-order valence-corrected chi connectivity index (χ0v) is 13.9. The van der Waals surface area contributed by atoms with Crippen molar-refractivity contribution in [3.05, 3.63) is 58.6 Å². The molecule has 1 amide bonds. The first-order valence-corrected chi connectivity index (χ1v) is 7.59. The molecule has 0 aliphatic heterocycles. The number of rotatable bonds is 5. The number of hydrogen-bond donors (Lipinski definition) is 1. The summed E-state index contributed by atoms with van der Waals surface area (Å²) in [6, 6.07) is 14.1. The number of amides is 1. The van der Waals surface area contributed by atoms with Gasteiger partial charge >= 0.3 is 0 Å². The third kappa shape index (κ3) is 4.43. The fraction of sp³-hybridized carbons (Fsp3) is 0.176. The van der Waals surface area contributed by atoms with E-state index in [1.165, 1.54) is 6.92 Å². The summed E-state index contributed by atoms with van der Waals surface area (Å²) in [6.45, 7) is 3.18. The Morgan fingerprint density at radius 1 is 1.14 bits per heavy atom. The predicted octanol–water partition coefficient (Wildman–Crippen LogP) is 4.06. The van der Waals surface area contributed by atoms with Crippen LogP contribution in [0.2, 0.25) is 0 Å². The van der Waals surface area contributed by atoms with Crippen molar-refractivity contribution in [3.8, 4) is 5.75 Å². The summed E-state index contributed by atoms with van der Waals surface area (Å²) in [5, 5.41) is 2.76. The lowest BCUT2D eigenvalue weighted by Crippen LogP contribution is -2.30. The quantitative estimate of drug-likeness (QED) is 0.817. The molecule has 0 heterocycles. The predicted molar refractivity (Wildman–Crippen MR) is 89.3 cm³/mol. The van der Waals surface area contributed by atoms with Crippen LogP contribution >= 0.6 is 15.9 Å². The Kier molecular flexibility index (Phi) is 5.33. The molecule has 2 aromatic carbocycles. The molecule has 0 aromatic heterocycles. The van der Waals surface area contributed by atoms with Crippen molar-refractivity contribution in [1.82, 2.24) is 0 Å². The maximum absolute atomic E-state index is 12.1. The van der Waals surface area contributed by atoms with Crippen molar-refractivity contribution in [2.45, 2.75) is 20.0 Å². The van der Waals surface area contributed by atoms with Gasteiger partial charge in [0, 0.05) is 15.7 Å². The largest absolute Gasteiger partial charge is 0.481 e. The van der Waals surface area contributed by atoms with Crippen LogP contribution in [0.1, 0.15) is 24.2 Å². The molecule has 0 fully saturated rings. The molecular formula is C17H16BrNO3. The summed E-state index contributed by atoms with van der Waals surface area (Å²) in [4.78, 5) is 23.3. The van der Waals surface area contributed by atoms with E-state index >= 15 is 0 Å². The Labute approximate surface area is 137 Å².